The lowest BCUT2D eigenvalue weighted by Crippen LogP contribution is -2.14. The lowest BCUT2D eigenvalue weighted by Gasteiger charge is -2.15. The molecule has 1 heterocycles. The molecular formula is C7H11NO. The summed E-state index contributed by atoms with van der Waals surface area (Å²) in [6, 6.07) is 0. The maximum Gasteiger partial charge on any atom is 0.122 e. The summed E-state index contributed by atoms with van der Waals surface area (Å²) in [6.45, 7) is 6.09. The zero-order valence-electron chi connectivity index (χ0n) is 5.99. The van der Waals surface area contributed by atoms with Crippen LogP contribution in [0.15, 0.2) is 23.1 Å². The fourth-order valence-corrected chi connectivity index (χ4v) is 0.667. The van der Waals surface area contributed by atoms with Crippen LogP contribution in [0.25, 0.3) is 0 Å². The van der Waals surface area contributed by atoms with Gasteiger partial charge in [0.1, 0.15) is 6.26 Å². The van der Waals surface area contributed by atoms with Gasteiger partial charge in [-0.2, -0.15) is 0 Å². The van der Waals surface area contributed by atoms with E-state index >= 15 is 0 Å². The van der Waals surface area contributed by atoms with E-state index in [0.717, 1.165) is 5.70 Å². The van der Waals surface area contributed by atoms with Gasteiger partial charge in [-0.25, -0.2) is 5.48 Å². The molecule has 0 aromatic rings. The van der Waals surface area contributed by atoms with E-state index in [2.05, 4.69) is 12.4 Å². The first-order valence-electron chi connectivity index (χ1n) is 2.98. The highest BCUT2D eigenvalue weighted by molar-refractivity contribution is 5.30. The molecule has 0 radical (unpaired) electrons. The highest BCUT2D eigenvalue weighted by Gasteiger charge is 2.03. The second-order valence-electron chi connectivity index (χ2n) is 2.27. The molecule has 0 aromatic carbocycles. The van der Waals surface area contributed by atoms with Gasteiger partial charge in [0.15, 0.2) is 0 Å². The van der Waals surface area contributed by atoms with Crippen molar-refractivity contribution in [1.82, 2.24) is 5.48 Å². The summed E-state index contributed by atoms with van der Waals surface area (Å²) in [5.41, 5.74) is 6.31. The largest absolute Gasteiger partial charge is 0.390 e. The Morgan fingerprint density at radius 2 is 2.00 bits per heavy atom. The van der Waals surface area contributed by atoms with E-state index in [0.29, 0.717) is 0 Å². The van der Waals surface area contributed by atoms with E-state index in [-0.39, 0.29) is 0 Å². The molecular weight excluding hydrogens is 114 g/mol. The van der Waals surface area contributed by atoms with Crippen molar-refractivity contribution in [3.8, 4) is 0 Å². The Balaban J connectivity index is 2.88. The molecule has 0 saturated heterocycles. The van der Waals surface area contributed by atoms with Crippen molar-refractivity contribution in [2.45, 2.75) is 20.8 Å². The molecule has 0 aromatic heterocycles. The second kappa shape index (κ2) is 2.13. The molecule has 0 unspecified atom stereocenters. The van der Waals surface area contributed by atoms with Gasteiger partial charge in [0.05, 0.1) is 0 Å². The SMILES string of the molecule is CC1=CONC(C)=C1C. The van der Waals surface area contributed by atoms with Gasteiger partial charge in [0, 0.05) is 5.70 Å². The standard InChI is InChI=1S/C7H11NO/c1-5-4-9-8-7(3)6(5)2/h4,8H,1-3H3. The van der Waals surface area contributed by atoms with Crippen molar-refractivity contribution < 1.29 is 4.84 Å². The predicted molar refractivity (Wildman–Crippen MR) is 36.4 cm³/mol. The highest BCUT2D eigenvalue weighted by atomic mass is 16.6. The van der Waals surface area contributed by atoms with Crippen LogP contribution in [0.1, 0.15) is 20.8 Å². The van der Waals surface area contributed by atoms with Gasteiger partial charge in [0.2, 0.25) is 0 Å². The molecule has 0 amide bonds. The molecule has 0 atom stereocenters. The van der Waals surface area contributed by atoms with Gasteiger partial charge in [-0.3, -0.25) is 0 Å². The van der Waals surface area contributed by atoms with Crippen molar-refractivity contribution in [1.29, 1.82) is 0 Å². The van der Waals surface area contributed by atoms with Crippen LogP contribution in [0.4, 0.5) is 0 Å². The summed E-state index contributed by atoms with van der Waals surface area (Å²) in [4.78, 5) is 4.89. The average molecular weight is 125 g/mol. The minimum Gasteiger partial charge on any atom is -0.390 e. The third-order valence-electron chi connectivity index (χ3n) is 1.60. The number of rotatable bonds is 0. The monoisotopic (exact) mass is 125 g/mol. The quantitative estimate of drug-likeness (QED) is 0.532. The van der Waals surface area contributed by atoms with E-state index in [4.69, 9.17) is 4.84 Å². The molecule has 1 aliphatic rings. The van der Waals surface area contributed by atoms with E-state index in [9.17, 15) is 0 Å². The Bertz CT molecular complexity index is 179. The molecule has 0 spiro atoms. The fourth-order valence-electron chi connectivity index (χ4n) is 0.667. The Morgan fingerprint density at radius 1 is 1.33 bits per heavy atom. The van der Waals surface area contributed by atoms with Crippen molar-refractivity contribution >= 4 is 0 Å². The lowest BCUT2D eigenvalue weighted by atomic mass is 10.1. The van der Waals surface area contributed by atoms with Crippen LogP contribution < -0.4 is 5.48 Å². The average Bonchev–Trinajstić information content (AvgIpc) is 1.83. The van der Waals surface area contributed by atoms with E-state index < -0.39 is 0 Å². The summed E-state index contributed by atoms with van der Waals surface area (Å²) in [6.07, 6.45) is 1.71. The molecule has 0 aliphatic carbocycles. The van der Waals surface area contributed by atoms with Crippen LogP contribution in [0.5, 0.6) is 0 Å². The number of hydroxylamine groups is 1. The molecule has 0 bridgehead atoms. The fraction of sp³-hybridized carbons (Fsp3) is 0.429. The number of allylic oxidation sites excluding steroid dienone is 3. The maximum atomic E-state index is 4.89. The molecule has 1 rings (SSSR count). The smallest absolute Gasteiger partial charge is 0.122 e. The zero-order chi connectivity index (χ0) is 6.85. The summed E-state index contributed by atoms with van der Waals surface area (Å²) in [7, 11) is 0. The first-order valence-corrected chi connectivity index (χ1v) is 2.98. The Morgan fingerprint density at radius 3 is 2.44 bits per heavy atom. The van der Waals surface area contributed by atoms with Gasteiger partial charge in [-0.1, -0.05) is 0 Å². The third-order valence-corrected chi connectivity index (χ3v) is 1.60. The zero-order valence-corrected chi connectivity index (χ0v) is 5.99. The predicted octanol–water partition coefficient (Wildman–Crippen LogP) is 1.72. The minimum absolute atomic E-state index is 1.09. The third kappa shape index (κ3) is 1.07. The van der Waals surface area contributed by atoms with Crippen molar-refractivity contribution in [3.05, 3.63) is 23.1 Å². The summed E-state index contributed by atoms with van der Waals surface area (Å²) < 4.78 is 0. The van der Waals surface area contributed by atoms with Gasteiger partial charge < -0.3 is 4.84 Å². The van der Waals surface area contributed by atoms with E-state index in [1.807, 2.05) is 13.8 Å². The van der Waals surface area contributed by atoms with Crippen molar-refractivity contribution in [2.75, 3.05) is 0 Å². The summed E-state index contributed by atoms with van der Waals surface area (Å²) >= 11 is 0. The van der Waals surface area contributed by atoms with Crippen LogP contribution in [-0.4, -0.2) is 0 Å². The van der Waals surface area contributed by atoms with Crippen LogP contribution in [0, 0.1) is 0 Å². The second-order valence-corrected chi connectivity index (χ2v) is 2.27. The summed E-state index contributed by atoms with van der Waals surface area (Å²) in [5, 5.41) is 0. The molecule has 2 nitrogen and oxygen atoms in total. The molecule has 2 heteroatoms. The topological polar surface area (TPSA) is 21.3 Å². The van der Waals surface area contributed by atoms with Gasteiger partial charge in [-0.05, 0) is 31.9 Å². The Kier molecular flexibility index (Phi) is 1.47. The van der Waals surface area contributed by atoms with Crippen molar-refractivity contribution in [2.24, 2.45) is 0 Å². The number of hydrogen-bond acceptors (Lipinski definition) is 2. The Labute approximate surface area is 55.2 Å². The molecule has 50 valence electrons. The van der Waals surface area contributed by atoms with Crippen LogP contribution >= 0.6 is 0 Å². The Hall–Kier alpha value is -0.920. The highest BCUT2D eigenvalue weighted by Crippen LogP contribution is 2.14. The molecule has 1 N–H and O–H groups in total. The summed E-state index contributed by atoms with van der Waals surface area (Å²) in [5.74, 6) is 0. The van der Waals surface area contributed by atoms with Gasteiger partial charge >= 0.3 is 0 Å². The number of nitrogens with one attached hydrogen (secondary N) is 1. The van der Waals surface area contributed by atoms with Crippen molar-refractivity contribution in [3.63, 3.8) is 0 Å². The number of hydrogen-bond donors (Lipinski definition) is 1. The van der Waals surface area contributed by atoms with E-state index in [1.54, 1.807) is 6.26 Å². The first-order chi connectivity index (χ1) is 4.22. The lowest BCUT2D eigenvalue weighted by molar-refractivity contribution is 0.155. The minimum atomic E-state index is 1.09. The van der Waals surface area contributed by atoms with Crippen LogP contribution in [-0.2, 0) is 4.84 Å². The molecule has 1 aliphatic heterocycles. The first kappa shape index (κ1) is 6.20. The maximum absolute atomic E-state index is 4.89. The van der Waals surface area contributed by atoms with E-state index in [1.165, 1.54) is 11.1 Å². The van der Waals surface area contributed by atoms with Gasteiger partial charge in [0.25, 0.3) is 0 Å². The van der Waals surface area contributed by atoms with Gasteiger partial charge in [-0.15, -0.1) is 0 Å². The normalized spacial score (nSPS) is 18.3. The van der Waals surface area contributed by atoms with Crippen LogP contribution in [0.2, 0.25) is 0 Å². The molecule has 0 saturated carbocycles. The molecule has 0 fully saturated rings. The molecule has 9 heavy (non-hydrogen) atoms. The van der Waals surface area contributed by atoms with Crippen LogP contribution in [0.3, 0.4) is 0 Å².